The molecule has 0 aromatic carbocycles. The molecule has 0 N–H and O–H groups in total. The molecule has 5 nitrogen and oxygen atoms in total. The number of aromatic nitrogens is 3. The quantitative estimate of drug-likeness (QED) is 0.810. The lowest BCUT2D eigenvalue weighted by molar-refractivity contribution is 0.193. The van der Waals surface area contributed by atoms with Crippen molar-refractivity contribution in [3.8, 4) is 11.5 Å². The summed E-state index contributed by atoms with van der Waals surface area (Å²) in [5, 5.41) is 5.16. The molecule has 2 aliphatic rings. The Hall–Kier alpha value is -1.59. The van der Waals surface area contributed by atoms with Crippen LogP contribution in [-0.4, -0.2) is 28.0 Å². The van der Waals surface area contributed by atoms with Gasteiger partial charge < -0.3 is 9.47 Å². The molecule has 1 unspecified atom stereocenters. The van der Waals surface area contributed by atoms with E-state index in [9.17, 15) is 0 Å². The lowest BCUT2D eigenvalue weighted by atomic mass is 10.1. The van der Waals surface area contributed by atoms with Crippen molar-refractivity contribution in [2.75, 3.05) is 13.2 Å². The fourth-order valence-electron chi connectivity index (χ4n) is 2.60. The number of hydrogen-bond acceptors (Lipinski definition) is 4. The molecule has 0 spiro atoms. The molecule has 1 aliphatic carbocycles. The summed E-state index contributed by atoms with van der Waals surface area (Å²) in [6.45, 7) is 1.51. The van der Waals surface area contributed by atoms with Gasteiger partial charge >= 0.3 is 0 Å². The van der Waals surface area contributed by atoms with E-state index in [1.54, 1.807) is 18.3 Å². The van der Waals surface area contributed by atoms with Gasteiger partial charge in [-0.15, -0.1) is 0 Å². The van der Waals surface area contributed by atoms with Crippen molar-refractivity contribution in [2.24, 2.45) is 0 Å². The van der Waals surface area contributed by atoms with E-state index in [1.807, 2.05) is 10.9 Å². The molecule has 0 radical (unpaired) electrons. The van der Waals surface area contributed by atoms with Gasteiger partial charge in [-0.1, -0.05) is 11.6 Å². The minimum Gasteiger partial charge on any atom is -0.454 e. The predicted octanol–water partition coefficient (Wildman–Crippen LogP) is 3.56. The molecular weight excluding hydrogens is 290 g/mol. The van der Waals surface area contributed by atoms with Gasteiger partial charge in [0.1, 0.15) is 16.6 Å². The van der Waals surface area contributed by atoms with Crippen LogP contribution in [0, 0.1) is 0 Å². The zero-order valence-corrected chi connectivity index (χ0v) is 12.3. The first-order valence-electron chi connectivity index (χ1n) is 7.26. The van der Waals surface area contributed by atoms with Gasteiger partial charge in [0.05, 0.1) is 18.8 Å². The van der Waals surface area contributed by atoms with Crippen LogP contribution < -0.4 is 4.74 Å². The molecule has 0 bridgehead atoms. The first kappa shape index (κ1) is 13.1. The van der Waals surface area contributed by atoms with Gasteiger partial charge in [0, 0.05) is 24.8 Å². The largest absolute Gasteiger partial charge is 0.454 e. The van der Waals surface area contributed by atoms with E-state index in [-0.39, 0.29) is 0 Å². The van der Waals surface area contributed by atoms with E-state index in [0.29, 0.717) is 22.9 Å². The van der Waals surface area contributed by atoms with E-state index in [1.165, 1.54) is 12.8 Å². The summed E-state index contributed by atoms with van der Waals surface area (Å²) >= 11 is 5.91. The summed E-state index contributed by atoms with van der Waals surface area (Å²) in [6, 6.07) is 4.05. The molecule has 1 aliphatic heterocycles. The van der Waals surface area contributed by atoms with Crippen LogP contribution in [0.25, 0.3) is 0 Å². The van der Waals surface area contributed by atoms with Crippen molar-refractivity contribution in [3.63, 3.8) is 0 Å². The van der Waals surface area contributed by atoms with Gasteiger partial charge in [-0.05, 0) is 25.3 Å². The predicted molar refractivity (Wildman–Crippen MR) is 78.0 cm³/mol. The minimum absolute atomic E-state index is 0.317. The fourth-order valence-corrected chi connectivity index (χ4v) is 2.77. The molecule has 2 aromatic rings. The number of rotatable bonds is 4. The Labute approximate surface area is 127 Å². The van der Waals surface area contributed by atoms with Crippen molar-refractivity contribution in [1.82, 2.24) is 14.8 Å². The molecule has 2 fully saturated rings. The van der Waals surface area contributed by atoms with E-state index in [0.717, 1.165) is 31.1 Å². The fraction of sp³-hybridized carbons (Fsp3) is 0.467. The summed E-state index contributed by atoms with van der Waals surface area (Å²) in [7, 11) is 0. The maximum atomic E-state index is 6.00. The highest BCUT2D eigenvalue weighted by Gasteiger charge is 2.30. The molecule has 6 heteroatoms. The second-order valence-corrected chi connectivity index (χ2v) is 5.95. The Bertz CT molecular complexity index is 648. The number of halogens is 1. The van der Waals surface area contributed by atoms with Gasteiger partial charge in [-0.3, -0.25) is 4.68 Å². The zero-order valence-electron chi connectivity index (χ0n) is 11.5. The Morgan fingerprint density at radius 3 is 2.95 bits per heavy atom. The molecule has 2 aromatic heterocycles. The topological polar surface area (TPSA) is 49.2 Å². The molecule has 0 amide bonds. The number of pyridine rings is 1. The maximum Gasteiger partial charge on any atom is 0.168 e. The molecular formula is C15H16ClN3O2. The monoisotopic (exact) mass is 305 g/mol. The average Bonchev–Trinajstić information content (AvgIpc) is 3.02. The average molecular weight is 306 g/mol. The number of hydrogen-bond donors (Lipinski definition) is 0. The van der Waals surface area contributed by atoms with Gasteiger partial charge in [0.2, 0.25) is 0 Å². The third kappa shape index (κ3) is 2.76. The van der Waals surface area contributed by atoms with Crippen molar-refractivity contribution in [2.45, 2.75) is 31.2 Å². The second-order valence-electron chi connectivity index (χ2n) is 5.57. The first-order chi connectivity index (χ1) is 10.3. The lowest BCUT2D eigenvalue weighted by Crippen LogP contribution is -2.02. The molecule has 4 rings (SSSR count). The minimum atomic E-state index is 0.317. The first-order valence-corrected chi connectivity index (χ1v) is 7.63. The third-order valence-corrected chi connectivity index (χ3v) is 4.10. The molecule has 1 saturated carbocycles. The summed E-state index contributed by atoms with van der Waals surface area (Å²) in [5.74, 6) is 1.81. The standard InChI is InChI=1S/C15H16ClN3O2/c16-14-7-12(3-5-17-14)21-13-8-19(11-1-2-11)18-15(13)10-4-6-20-9-10/h3,5,7-8,10-11H,1-2,4,6,9H2. The van der Waals surface area contributed by atoms with Crippen molar-refractivity contribution in [3.05, 3.63) is 35.4 Å². The highest BCUT2D eigenvalue weighted by atomic mass is 35.5. The normalized spacial score (nSPS) is 21.7. The highest BCUT2D eigenvalue weighted by molar-refractivity contribution is 6.29. The van der Waals surface area contributed by atoms with Crippen molar-refractivity contribution >= 4 is 11.6 Å². The van der Waals surface area contributed by atoms with Gasteiger partial charge in [-0.2, -0.15) is 5.10 Å². The summed E-state index contributed by atoms with van der Waals surface area (Å²) in [5.41, 5.74) is 0.993. The van der Waals surface area contributed by atoms with E-state index in [4.69, 9.17) is 26.2 Å². The molecule has 110 valence electrons. The van der Waals surface area contributed by atoms with Crippen molar-refractivity contribution < 1.29 is 9.47 Å². The van der Waals surface area contributed by atoms with Gasteiger partial charge in [0.15, 0.2) is 5.75 Å². The van der Waals surface area contributed by atoms with Crippen LogP contribution in [0.4, 0.5) is 0 Å². The Morgan fingerprint density at radius 2 is 2.24 bits per heavy atom. The van der Waals surface area contributed by atoms with Crippen LogP contribution in [0.3, 0.4) is 0 Å². The van der Waals surface area contributed by atoms with Crippen LogP contribution in [0.15, 0.2) is 24.5 Å². The van der Waals surface area contributed by atoms with Crippen LogP contribution in [-0.2, 0) is 4.74 Å². The van der Waals surface area contributed by atoms with Crippen molar-refractivity contribution in [1.29, 1.82) is 0 Å². The molecule has 21 heavy (non-hydrogen) atoms. The third-order valence-electron chi connectivity index (χ3n) is 3.89. The SMILES string of the molecule is Clc1cc(Oc2cn(C3CC3)nc2C2CCOC2)ccn1. The second kappa shape index (κ2) is 5.31. The van der Waals surface area contributed by atoms with Crippen LogP contribution in [0.1, 0.15) is 36.9 Å². The lowest BCUT2D eigenvalue weighted by Gasteiger charge is -2.08. The molecule has 1 saturated heterocycles. The number of nitrogens with zero attached hydrogens (tertiary/aromatic N) is 3. The Kier molecular flexibility index (Phi) is 3.31. The van der Waals surface area contributed by atoms with Gasteiger partial charge in [0.25, 0.3) is 0 Å². The summed E-state index contributed by atoms with van der Waals surface area (Å²) < 4.78 is 13.5. The summed E-state index contributed by atoms with van der Waals surface area (Å²) in [4.78, 5) is 3.97. The van der Waals surface area contributed by atoms with Crippen LogP contribution in [0.5, 0.6) is 11.5 Å². The van der Waals surface area contributed by atoms with Crippen LogP contribution >= 0.6 is 11.6 Å². The Balaban J connectivity index is 1.65. The highest BCUT2D eigenvalue weighted by Crippen LogP contribution is 2.40. The molecule has 1 atom stereocenters. The van der Waals surface area contributed by atoms with E-state index >= 15 is 0 Å². The smallest absolute Gasteiger partial charge is 0.168 e. The Morgan fingerprint density at radius 1 is 1.33 bits per heavy atom. The van der Waals surface area contributed by atoms with Crippen LogP contribution in [0.2, 0.25) is 5.15 Å². The zero-order chi connectivity index (χ0) is 14.2. The summed E-state index contributed by atoms with van der Waals surface area (Å²) in [6.07, 6.45) is 7.03. The molecule has 3 heterocycles. The van der Waals surface area contributed by atoms with E-state index in [2.05, 4.69) is 4.98 Å². The van der Waals surface area contributed by atoms with E-state index < -0.39 is 0 Å². The maximum absolute atomic E-state index is 6.00. The van der Waals surface area contributed by atoms with Gasteiger partial charge in [-0.25, -0.2) is 4.98 Å². The number of ether oxygens (including phenoxy) is 2.